The molecular weight excluding hydrogens is 294 g/mol. The maximum absolute atomic E-state index is 12.5. The molecule has 0 spiro atoms. The highest BCUT2D eigenvalue weighted by Crippen LogP contribution is 2.07. The molecule has 0 saturated heterocycles. The fraction of sp³-hybridized carbons (Fsp3) is 0.176. The van der Waals surface area contributed by atoms with Crippen LogP contribution in [0.4, 0.5) is 0 Å². The molecule has 0 aliphatic rings. The lowest BCUT2D eigenvalue weighted by Gasteiger charge is -2.11. The average molecular weight is 309 g/mol. The van der Waals surface area contributed by atoms with E-state index >= 15 is 0 Å². The normalized spacial score (nSPS) is 10.7. The van der Waals surface area contributed by atoms with Crippen molar-refractivity contribution in [2.45, 2.75) is 13.5 Å². The Balaban J connectivity index is 1.75. The van der Waals surface area contributed by atoms with Crippen LogP contribution >= 0.6 is 0 Å². The van der Waals surface area contributed by atoms with Crippen molar-refractivity contribution < 1.29 is 9.53 Å². The van der Waals surface area contributed by atoms with E-state index in [0.717, 1.165) is 0 Å². The van der Waals surface area contributed by atoms with Gasteiger partial charge in [-0.3, -0.25) is 14.3 Å². The number of ether oxygens (including phenoxy) is 1. The second-order valence-electron chi connectivity index (χ2n) is 5.00. The third-order valence-electron chi connectivity index (χ3n) is 3.52. The molecule has 1 aromatic carbocycles. The van der Waals surface area contributed by atoms with Gasteiger partial charge in [-0.1, -0.05) is 12.1 Å². The maximum Gasteiger partial charge on any atom is 0.338 e. The van der Waals surface area contributed by atoms with Crippen molar-refractivity contribution in [3.05, 3.63) is 70.5 Å². The first-order chi connectivity index (χ1) is 11.2. The molecule has 0 radical (unpaired) electrons. The van der Waals surface area contributed by atoms with Gasteiger partial charge in [-0.2, -0.15) is 0 Å². The van der Waals surface area contributed by atoms with E-state index in [-0.39, 0.29) is 18.7 Å². The van der Waals surface area contributed by atoms with Gasteiger partial charge < -0.3 is 4.74 Å². The summed E-state index contributed by atoms with van der Waals surface area (Å²) in [6, 6.07) is 10.3. The zero-order valence-electron chi connectivity index (χ0n) is 12.6. The number of esters is 1. The highest BCUT2D eigenvalue weighted by molar-refractivity contribution is 5.89. The molecule has 0 unspecified atom stereocenters. The summed E-state index contributed by atoms with van der Waals surface area (Å²) in [5, 5.41) is 0.554. The van der Waals surface area contributed by atoms with Crippen molar-refractivity contribution in [1.29, 1.82) is 0 Å². The Morgan fingerprint density at radius 3 is 2.70 bits per heavy atom. The zero-order valence-corrected chi connectivity index (χ0v) is 12.6. The number of para-hydroxylation sites is 1. The van der Waals surface area contributed by atoms with Crippen LogP contribution in [0, 0.1) is 6.92 Å². The fourth-order valence-electron chi connectivity index (χ4n) is 2.34. The molecule has 0 amide bonds. The van der Waals surface area contributed by atoms with Crippen LogP contribution in [0.3, 0.4) is 0 Å². The van der Waals surface area contributed by atoms with E-state index in [2.05, 4.69) is 9.97 Å². The molecule has 23 heavy (non-hydrogen) atoms. The van der Waals surface area contributed by atoms with Crippen molar-refractivity contribution in [2.75, 3.05) is 6.61 Å². The number of hydrogen-bond donors (Lipinski definition) is 0. The zero-order chi connectivity index (χ0) is 16.2. The molecule has 0 saturated carbocycles. The second kappa shape index (κ2) is 6.39. The first-order valence-corrected chi connectivity index (χ1v) is 7.20. The van der Waals surface area contributed by atoms with Gasteiger partial charge in [0.05, 0.1) is 23.0 Å². The van der Waals surface area contributed by atoms with Gasteiger partial charge >= 0.3 is 5.97 Å². The molecule has 0 aliphatic heterocycles. The molecule has 0 fully saturated rings. The summed E-state index contributed by atoms with van der Waals surface area (Å²) < 4.78 is 6.72. The average Bonchev–Trinajstić information content (AvgIpc) is 2.58. The van der Waals surface area contributed by atoms with E-state index in [1.807, 2.05) is 6.07 Å². The number of aryl methyl sites for hydroxylation is 1. The van der Waals surface area contributed by atoms with Gasteiger partial charge in [0.2, 0.25) is 0 Å². The highest BCUT2D eigenvalue weighted by atomic mass is 16.5. The standard InChI is InChI=1S/C17H15N3O3/c1-12-19-15-5-3-2-4-14(15)16(21)20(12)10-11-23-17(22)13-6-8-18-9-7-13/h2-9H,10-11H2,1H3. The minimum Gasteiger partial charge on any atom is -0.460 e. The van der Waals surface area contributed by atoms with E-state index in [9.17, 15) is 9.59 Å². The lowest BCUT2D eigenvalue weighted by atomic mass is 10.2. The molecular formula is C17H15N3O3. The lowest BCUT2D eigenvalue weighted by Crippen LogP contribution is -2.26. The number of carbonyl (C=O) groups is 1. The molecule has 116 valence electrons. The van der Waals surface area contributed by atoms with Gasteiger partial charge in [0, 0.05) is 12.4 Å². The van der Waals surface area contributed by atoms with Gasteiger partial charge in [0.15, 0.2) is 0 Å². The lowest BCUT2D eigenvalue weighted by molar-refractivity contribution is 0.0489. The van der Waals surface area contributed by atoms with E-state index in [4.69, 9.17) is 4.74 Å². The van der Waals surface area contributed by atoms with Crippen LogP contribution in [0.25, 0.3) is 10.9 Å². The molecule has 0 atom stereocenters. The Labute approximate surface area is 132 Å². The Kier molecular flexibility index (Phi) is 4.14. The number of nitrogens with zero attached hydrogens (tertiary/aromatic N) is 3. The summed E-state index contributed by atoms with van der Waals surface area (Å²) in [6.45, 7) is 2.12. The SMILES string of the molecule is Cc1nc2ccccc2c(=O)n1CCOC(=O)c1ccncc1. The summed E-state index contributed by atoms with van der Waals surface area (Å²) in [5.41, 5.74) is 0.966. The van der Waals surface area contributed by atoms with Gasteiger partial charge in [-0.25, -0.2) is 9.78 Å². The molecule has 3 aromatic rings. The minimum absolute atomic E-state index is 0.0991. The number of aromatic nitrogens is 3. The topological polar surface area (TPSA) is 74.1 Å². The van der Waals surface area contributed by atoms with Crippen LogP contribution in [-0.2, 0) is 11.3 Å². The predicted molar refractivity (Wildman–Crippen MR) is 85.3 cm³/mol. The monoisotopic (exact) mass is 309 g/mol. The molecule has 2 heterocycles. The van der Waals surface area contributed by atoms with Crippen LogP contribution in [0.2, 0.25) is 0 Å². The Hall–Kier alpha value is -3.02. The second-order valence-corrected chi connectivity index (χ2v) is 5.00. The van der Waals surface area contributed by atoms with E-state index in [0.29, 0.717) is 22.3 Å². The molecule has 0 aliphatic carbocycles. The first-order valence-electron chi connectivity index (χ1n) is 7.20. The van der Waals surface area contributed by atoms with Crippen molar-refractivity contribution in [3.63, 3.8) is 0 Å². The first kappa shape index (κ1) is 14.9. The van der Waals surface area contributed by atoms with E-state index in [1.54, 1.807) is 37.3 Å². The van der Waals surface area contributed by atoms with Crippen molar-refractivity contribution in [1.82, 2.24) is 14.5 Å². The number of hydrogen-bond acceptors (Lipinski definition) is 5. The number of benzene rings is 1. The van der Waals surface area contributed by atoms with Crippen LogP contribution in [-0.4, -0.2) is 27.1 Å². The van der Waals surface area contributed by atoms with E-state index < -0.39 is 5.97 Å². The van der Waals surface area contributed by atoms with Gasteiger partial charge in [-0.05, 0) is 31.2 Å². The van der Waals surface area contributed by atoms with Gasteiger partial charge in [0.25, 0.3) is 5.56 Å². The smallest absolute Gasteiger partial charge is 0.338 e. The fourth-order valence-corrected chi connectivity index (χ4v) is 2.34. The number of carbonyl (C=O) groups excluding carboxylic acids is 1. The van der Waals surface area contributed by atoms with Gasteiger partial charge in [-0.15, -0.1) is 0 Å². The van der Waals surface area contributed by atoms with E-state index in [1.165, 1.54) is 17.0 Å². The number of rotatable bonds is 4. The summed E-state index contributed by atoms with van der Waals surface area (Å²) in [6.07, 6.45) is 3.05. The van der Waals surface area contributed by atoms with Crippen LogP contribution < -0.4 is 5.56 Å². The molecule has 6 heteroatoms. The molecule has 0 N–H and O–H groups in total. The highest BCUT2D eigenvalue weighted by Gasteiger charge is 2.10. The predicted octanol–water partition coefficient (Wildman–Crippen LogP) is 1.96. The molecule has 3 rings (SSSR count). The number of pyridine rings is 1. The Bertz CT molecular complexity index is 904. The van der Waals surface area contributed by atoms with Crippen LogP contribution in [0.5, 0.6) is 0 Å². The third kappa shape index (κ3) is 3.11. The quantitative estimate of drug-likeness (QED) is 0.689. The van der Waals surface area contributed by atoms with Crippen molar-refractivity contribution in [3.8, 4) is 0 Å². The Morgan fingerprint density at radius 2 is 1.91 bits per heavy atom. The minimum atomic E-state index is -0.438. The Morgan fingerprint density at radius 1 is 1.17 bits per heavy atom. The molecule has 0 bridgehead atoms. The third-order valence-corrected chi connectivity index (χ3v) is 3.52. The molecule has 6 nitrogen and oxygen atoms in total. The van der Waals surface area contributed by atoms with Crippen LogP contribution in [0.15, 0.2) is 53.6 Å². The summed E-state index contributed by atoms with van der Waals surface area (Å²) in [4.78, 5) is 32.6. The summed E-state index contributed by atoms with van der Waals surface area (Å²) >= 11 is 0. The van der Waals surface area contributed by atoms with Crippen LogP contribution in [0.1, 0.15) is 16.2 Å². The summed E-state index contributed by atoms with van der Waals surface area (Å²) in [7, 11) is 0. The molecule has 2 aromatic heterocycles. The number of fused-ring (bicyclic) bond motifs is 1. The van der Waals surface area contributed by atoms with Gasteiger partial charge in [0.1, 0.15) is 12.4 Å². The van der Waals surface area contributed by atoms with Crippen molar-refractivity contribution >= 4 is 16.9 Å². The summed E-state index contributed by atoms with van der Waals surface area (Å²) in [5.74, 6) is 0.153. The largest absolute Gasteiger partial charge is 0.460 e. The maximum atomic E-state index is 12.5. The van der Waals surface area contributed by atoms with Crippen molar-refractivity contribution in [2.24, 2.45) is 0 Å².